The summed E-state index contributed by atoms with van der Waals surface area (Å²) in [6, 6.07) is 16.9. The molecule has 0 spiro atoms. The highest BCUT2D eigenvalue weighted by Gasteiger charge is 2.26. The van der Waals surface area contributed by atoms with Gasteiger partial charge in [-0.25, -0.2) is 0 Å². The Kier molecular flexibility index (Phi) is 4.86. The number of carbonyl (C=O) groups excluding carboxylic acids is 1. The number of benzene rings is 2. The van der Waals surface area contributed by atoms with Crippen molar-refractivity contribution >= 4 is 32.7 Å². The Balaban J connectivity index is 1.84. The lowest BCUT2D eigenvalue weighted by Crippen LogP contribution is -2.32. The molecule has 2 aromatic carbocycles. The van der Waals surface area contributed by atoms with Crippen molar-refractivity contribution in [2.24, 2.45) is 0 Å². The van der Waals surface area contributed by atoms with E-state index in [0.29, 0.717) is 0 Å². The zero-order valence-electron chi connectivity index (χ0n) is 15.0. The number of amides is 1. The maximum atomic E-state index is 13.2. The van der Waals surface area contributed by atoms with E-state index in [2.05, 4.69) is 63.0 Å². The first kappa shape index (κ1) is 17.3. The average Bonchev–Trinajstić information content (AvgIpc) is 2.94. The molecule has 134 valence electrons. The lowest BCUT2D eigenvalue weighted by molar-refractivity contribution is 0.0777. The number of fused-ring (bicyclic) bond motifs is 3. The largest absolute Gasteiger partial charge is 0.340 e. The number of hydrogen-bond acceptors (Lipinski definition) is 1. The zero-order chi connectivity index (χ0) is 18.1. The Hall–Kier alpha value is -2.07. The molecule has 0 saturated heterocycles. The fraction of sp³-hybridized carbons (Fsp3) is 0.318. The first-order valence-electron chi connectivity index (χ1n) is 9.25. The van der Waals surface area contributed by atoms with Gasteiger partial charge in [0, 0.05) is 35.5 Å². The molecule has 3 aromatic rings. The average molecular weight is 411 g/mol. The fourth-order valence-corrected chi connectivity index (χ4v) is 4.31. The Morgan fingerprint density at radius 2 is 1.88 bits per heavy atom. The third kappa shape index (κ3) is 3.18. The molecule has 0 bridgehead atoms. The summed E-state index contributed by atoms with van der Waals surface area (Å²) in [5.74, 6) is 0.153. The number of aromatic nitrogens is 1. The van der Waals surface area contributed by atoms with Crippen LogP contribution >= 0.6 is 15.9 Å². The zero-order valence-corrected chi connectivity index (χ0v) is 16.6. The molecule has 0 aliphatic carbocycles. The maximum Gasteiger partial charge on any atom is 0.270 e. The van der Waals surface area contributed by atoms with Crippen molar-refractivity contribution in [1.82, 2.24) is 9.47 Å². The molecule has 3 nitrogen and oxygen atoms in total. The van der Waals surface area contributed by atoms with E-state index in [1.54, 1.807) is 0 Å². The molecule has 1 amide bonds. The van der Waals surface area contributed by atoms with Gasteiger partial charge in [-0.3, -0.25) is 4.79 Å². The number of rotatable bonds is 3. The summed E-state index contributed by atoms with van der Waals surface area (Å²) in [4.78, 5) is 15.0. The first-order valence-corrected chi connectivity index (χ1v) is 10.0. The van der Waals surface area contributed by atoms with Crippen LogP contribution in [0.2, 0.25) is 0 Å². The molecular formula is C22H23BrN2O. The molecule has 1 aliphatic heterocycles. The molecule has 1 aromatic heterocycles. The molecule has 4 heteroatoms. The minimum absolute atomic E-state index is 0.153. The van der Waals surface area contributed by atoms with E-state index < -0.39 is 0 Å². The number of carbonyl (C=O) groups is 1. The van der Waals surface area contributed by atoms with Crippen LogP contribution in [0.4, 0.5) is 0 Å². The normalized spacial score (nSPS) is 15.0. The van der Waals surface area contributed by atoms with E-state index in [-0.39, 0.29) is 5.91 Å². The molecule has 0 unspecified atom stereocenters. The summed E-state index contributed by atoms with van der Waals surface area (Å²) >= 11 is 3.60. The van der Waals surface area contributed by atoms with E-state index >= 15 is 0 Å². The van der Waals surface area contributed by atoms with Gasteiger partial charge in [-0.1, -0.05) is 46.3 Å². The van der Waals surface area contributed by atoms with Gasteiger partial charge in [-0.15, -0.1) is 0 Å². The molecule has 0 fully saturated rings. The molecule has 4 rings (SSSR count). The van der Waals surface area contributed by atoms with Crippen LogP contribution in [0.25, 0.3) is 10.9 Å². The maximum absolute atomic E-state index is 13.2. The van der Waals surface area contributed by atoms with Crippen molar-refractivity contribution in [2.45, 2.75) is 32.2 Å². The SMILES string of the molecule is CN1CCCCc2c(n(CCc3ccccc3)c3ccc(Br)cc23)C1=O. The number of aryl methyl sites for hydroxylation is 3. The van der Waals surface area contributed by atoms with E-state index in [1.807, 2.05) is 18.0 Å². The summed E-state index contributed by atoms with van der Waals surface area (Å²) < 4.78 is 3.31. The van der Waals surface area contributed by atoms with Gasteiger partial charge in [0.2, 0.25) is 0 Å². The van der Waals surface area contributed by atoms with Gasteiger partial charge in [0.15, 0.2) is 0 Å². The van der Waals surface area contributed by atoms with Crippen molar-refractivity contribution < 1.29 is 4.79 Å². The third-order valence-corrected chi connectivity index (χ3v) is 5.81. The quantitative estimate of drug-likeness (QED) is 0.592. The van der Waals surface area contributed by atoms with Crippen LogP contribution in [0.5, 0.6) is 0 Å². The molecular weight excluding hydrogens is 388 g/mol. The Morgan fingerprint density at radius 1 is 1.08 bits per heavy atom. The highest BCUT2D eigenvalue weighted by atomic mass is 79.9. The van der Waals surface area contributed by atoms with Gasteiger partial charge in [0.1, 0.15) is 5.69 Å². The first-order chi connectivity index (χ1) is 12.6. The molecule has 26 heavy (non-hydrogen) atoms. The molecule has 0 radical (unpaired) electrons. The summed E-state index contributed by atoms with van der Waals surface area (Å²) in [7, 11) is 1.92. The second-order valence-electron chi connectivity index (χ2n) is 7.06. The van der Waals surface area contributed by atoms with E-state index in [0.717, 1.165) is 54.5 Å². The van der Waals surface area contributed by atoms with Gasteiger partial charge in [-0.05, 0) is 55.0 Å². The van der Waals surface area contributed by atoms with Crippen molar-refractivity contribution in [3.8, 4) is 0 Å². The van der Waals surface area contributed by atoms with Crippen molar-refractivity contribution in [2.75, 3.05) is 13.6 Å². The van der Waals surface area contributed by atoms with Crippen LogP contribution in [-0.4, -0.2) is 29.0 Å². The second kappa shape index (κ2) is 7.28. The van der Waals surface area contributed by atoms with Crippen LogP contribution in [0, 0.1) is 0 Å². The summed E-state index contributed by atoms with van der Waals surface area (Å²) in [6.45, 7) is 1.65. The van der Waals surface area contributed by atoms with E-state index in [9.17, 15) is 4.79 Å². The lowest BCUT2D eigenvalue weighted by Gasteiger charge is -2.22. The highest BCUT2D eigenvalue weighted by molar-refractivity contribution is 9.10. The third-order valence-electron chi connectivity index (χ3n) is 5.32. The molecule has 0 saturated carbocycles. The van der Waals surface area contributed by atoms with Gasteiger partial charge >= 0.3 is 0 Å². The van der Waals surface area contributed by atoms with Gasteiger partial charge < -0.3 is 9.47 Å². The van der Waals surface area contributed by atoms with Crippen LogP contribution < -0.4 is 0 Å². The van der Waals surface area contributed by atoms with E-state index in [1.165, 1.54) is 16.5 Å². The summed E-state index contributed by atoms with van der Waals surface area (Å²) in [5, 5.41) is 1.21. The number of nitrogens with zero attached hydrogens (tertiary/aromatic N) is 2. The van der Waals surface area contributed by atoms with Gasteiger partial charge in [-0.2, -0.15) is 0 Å². The Bertz CT molecular complexity index is 946. The topological polar surface area (TPSA) is 25.2 Å². The molecule has 1 aliphatic rings. The Morgan fingerprint density at radius 3 is 2.69 bits per heavy atom. The monoisotopic (exact) mass is 410 g/mol. The van der Waals surface area contributed by atoms with Crippen LogP contribution in [0.1, 0.15) is 34.5 Å². The van der Waals surface area contributed by atoms with Crippen molar-refractivity contribution in [1.29, 1.82) is 0 Å². The van der Waals surface area contributed by atoms with Crippen LogP contribution in [0.15, 0.2) is 53.0 Å². The number of hydrogen-bond donors (Lipinski definition) is 0. The standard InChI is InChI=1S/C22H23BrN2O/c1-24-13-6-5-9-18-19-15-17(23)10-11-20(19)25(21(18)22(24)26)14-12-16-7-3-2-4-8-16/h2-4,7-8,10-11,15H,5-6,9,12-14H2,1H3. The summed E-state index contributed by atoms with van der Waals surface area (Å²) in [6.07, 6.45) is 4.08. The van der Waals surface area contributed by atoms with Crippen molar-refractivity contribution in [3.05, 3.63) is 69.8 Å². The molecule has 2 heterocycles. The number of halogens is 1. The fourth-order valence-electron chi connectivity index (χ4n) is 3.94. The lowest BCUT2D eigenvalue weighted by atomic mass is 10.0. The minimum Gasteiger partial charge on any atom is -0.340 e. The van der Waals surface area contributed by atoms with Crippen LogP contribution in [0.3, 0.4) is 0 Å². The summed E-state index contributed by atoms with van der Waals surface area (Å²) in [5.41, 5.74) is 4.56. The minimum atomic E-state index is 0.153. The van der Waals surface area contributed by atoms with Crippen molar-refractivity contribution in [3.63, 3.8) is 0 Å². The van der Waals surface area contributed by atoms with Gasteiger partial charge in [0.25, 0.3) is 5.91 Å². The predicted molar refractivity (Wildman–Crippen MR) is 110 cm³/mol. The predicted octanol–water partition coefficient (Wildman–Crippen LogP) is 5.05. The molecule has 0 N–H and O–H groups in total. The molecule has 0 atom stereocenters. The Labute approximate surface area is 162 Å². The highest BCUT2D eigenvalue weighted by Crippen LogP contribution is 2.32. The van der Waals surface area contributed by atoms with Crippen LogP contribution in [-0.2, 0) is 19.4 Å². The van der Waals surface area contributed by atoms with E-state index in [4.69, 9.17) is 0 Å². The smallest absolute Gasteiger partial charge is 0.270 e. The second-order valence-corrected chi connectivity index (χ2v) is 7.98. The van der Waals surface area contributed by atoms with Gasteiger partial charge in [0.05, 0.1) is 0 Å².